The summed E-state index contributed by atoms with van der Waals surface area (Å²) in [5.74, 6) is -0.645. The first-order chi connectivity index (χ1) is 17.8. The molecular formula is C28H39NO9. The Kier molecular flexibility index (Phi) is 9.38. The quantitative estimate of drug-likeness (QED) is 0.114. The lowest BCUT2D eigenvalue weighted by Gasteiger charge is -2.47. The fraction of sp³-hybridized carbons (Fsp3) is 0.679. The van der Waals surface area contributed by atoms with Gasteiger partial charge < -0.3 is 19.4 Å². The van der Waals surface area contributed by atoms with Gasteiger partial charge in [0.05, 0.1) is 19.4 Å². The molecule has 1 saturated carbocycles. The molecule has 210 valence electrons. The number of benzene rings is 1. The van der Waals surface area contributed by atoms with E-state index in [0.717, 1.165) is 36.8 Å². The zero-order valence-electron chi connectivity index (χ0n) is 22.7. The molecule has 10 heteroatoms. The number of esters is 1. The number of unbranched alkanes of at least 4 members (excludes halogenated alkanes) is 3. The molecule has 1 aromatic carbocycles. The van der Waals surface area contributed by atoms with Gasteiger partial charge in [0.2, 0.25) is 0 Å². The Labute approximate surface area is 223 Å². The molecule has 2 aliphatic rings. The predicted octanol–water partition coefficient (Wildman–Crippen LogP) is 5.52. The summed E-state index contributed by atoms with van der Waals surface area (Å²) in [5.41, 5.74) is 0.834. The van der Waals surface area contributed by atoms with Gasteiger partial charge in [0.1, 0.15) is 22.9 Å². The summed E-state index contributed by atoms with van der Waals surface area (Å²) in [4.78, 5) is 50.7. The second kappa shape index (κ2) is 12.1. The maximum atomic E-state index is 12.6. The Morgan fingerprint density at radius 2 is 1.89 bits per heavy atom. The number of Topliss-reactive ketones (excluding diaryl/α,β-unsaturated/α-hetero) is 1. The van der Waals surface area contributed by atoms with E-state index in [1.54, 1.807) is 0 Å². The highest BCUT2D eigenvalue weighted by molar-refractivity contribution is 5.82. The molecule has 0 bridgehead atoms. The fourth-order valence-electron chi connectivity index (χ4n) is 5.72. The van der Waals surface area contributed by atoms with Gasteiger partial charge in [0.15, 0.2) is 0 Å². The Hall–Kier alpha value is -3.17. The van der Waals surface area contributed by atoms with Crippen LogP contribution in [0.2, 0.25) is 0 Å². The summed E-state index contributed by atoms with van der Waals surface area (Å²) in [6.07, 6.45) is 5.00. The second-order valence-corrected chi connectivity index (χ2v) is 11.6. The van der Waals surface area contributed by atoms with Gasteiger partial charge in [0.25, 0.3) is 5.09 Å². The first-order valence-electron chi connectivity index (χ1n) is 13.4. The molecule has 1 fully saturated rings. The third-order valence-corrected chi connectivity index (χ3v) is 7.85. The monoisotopic (exact) mass is 533 g/mol. The average molecular weight is 534 g/mol. The molecule has 1 N–H and O–H groups in total. The topological polar surface area (TPSA) is 142 Å². The SMILES string of the molecule is CC(C)(CCCCCCO[N+](=O)[O-])c1cc(OC(=O)CCC(=O)O)c2c(c1)OC(C)(C)[C@@H]1CCC(=O)C[C@@H]21. The van der Waals surface area contributed by atoms with E-state index >= 15 is 0 Å². The Bertz CT molecular complexity index is 1060. The van der Waals surface area contributed by atoms with E-state index in [2.05, 4.69) is 18.7 Å². The molecular weight excluding hydrogens is 494 g/mol. The van der Waals surface area contributed by atoms with Crippen LogP contribution in [0.25, 0.3) is 0 Å². The van der Waals surface area contributed by atoms with Crippen LogP contribution in [-0.4, -0.2) is 40.1 Å². The van der Waals surface area contributed by atoms with Crippen LogP contribution in [0.15, 0.2) is 12.1 Å². The maximum Gasteiger partial charge on any atom is 0.311 e. The van der Waals surface area contributed by atoms with Crippen molar-refractivity contribution >= 4 is 17.7 Å². The van der Waals surface area contributed by atoms with Gasteiger partial charge in [-0.1, -0.05) is 33.1 Å². The largest absolute Gasteiger partial charge is 0.487 e. The minimum absolute atomic E-state index is 0.0855. The van der Waals surface area contributed by atoms with Gasteiger partial charge in [0, 0.05) is 30.2 Å². The molecule has 3 rings (SSSR count). The zero-order chi connectivity index (χ0) is 28.1. The summed E-state index contributed by atoms with van der Waals surface area (Å²) in [6.45, 7) is 8.35. The van der Waals surface area contributed by atoms with Crippen molar-refractivity contribution < 1.29 is 38.9 Å². The maximum absolute atomic E-state index is 12.6. The van der Waals surface area contributed by atoms with Gasteiger partial charge in [-0.3, -0.25) is 14.4 Å². The van der Waals surface area contributed by atoms with E-state index in [1.165, 1.54) is 0 Å². The summed E-state index contributed by atoms with van der Waals surface area (Å²) >= 11 is 0. The van der Waals surface area contributed by atoms with Crippen LogP contribution < -0.4 is 9.47 Å². The number of carbonyl (C=O) groups is 3. The van der Waals surface area contributed by atoms with Gasteiger partial charge in [-0.05, 0) is 56.2 Å². The number of rotatable bonds is 13. The highest BCUT2D eigenvalue weighted by atomic mass is 16.9. The first-order valence-corrected chi connectivity index (χ1v) is 13.4. The molecule has 0 spiro atoms. The standard InChI is InChI=1S/C28H39NO9/c1-27(2,13-7-5-6-8-14-36-29(34)35)18-15-22(37-25(33)12-11-24(31)32)26-20-17-19(30)9-10-21(20)28(3,4)38-23(26)16-18/h15-16,20-21H,5-14,17H2,1-4H3,(H,31,32)/t20-,21-/m1/s1. The minimum Gasteiger partial charge on any atom is -0.487 e. The van der Waals surface area contributed by atoms with Crippen LogP contribution in [0.1, 0.15) is 109 Å². The number of carbonyl (C=O) groups excluding carboxylic acids is 2. The number of aliphatic carboxylic acids is 1. The number of ether oxygens (including phenoxy) is 2. The van der Waals surface area contributed by atoms with E-state index < -0.39 is 22.6 Å². The molecule has 1 heterocycles. The zero-order valence-corrected chi connectivity index (χ0v) is 22.7. The lowest BCUT2D eigenvalue weighted by atomic mass is 9.66. The van der Waals surface area contributed by atoms with Crippen LogP contribution in [0.5, 0.6) is 11.5 Å². The van der Waals surface area contributed by atoms with Gasteiger partial charge in [-0.15, -0.1) is 10.1 Å². The van der Waals surface area contributed by atoms with Gasteiger partial charge >= 0.3 is 11.9 Å². The molecule has 1 aromatic rings. The number of hydrogen-bond acceptors (Lipinski definition) is 8. The average Bonchev–Trinajstić information content (AvgIpc) is 2.81. The third-order valence-electron chi connectivity index (χ3n) is 7.85. The first kappa shape index (κ1) is 29.4. The number of nitrogens with zero attached hydrogens (tertiary/aromatic N) is 1. The smallest absolute Gasteiger partial charge is 0.311 e. The van der Waals surface area contributed by atoms with Crippen molar-refractivity contribution in [2.24, 2.45) is 5.92 Å². The number of hydrogen-bond donors (Lipinski definition) is 1. The van der Waals surface area contributed by atoms with E-state index in [4.69, 9.17) is 14.6 Å². The van der Waals surface area contributed by atoms with Crippen LogP contribution >= 0.6 is 0 Å². The number of ketones is 1. The van der Waals surface area contributed by atoms with Gasteiger partial charge in [-0.2, -0.15) is 0 Å². The lowest BCUT2D eigenvalue weighted by molar-refractivity contribution is -0.757. The lowest BCUT2D eigenvalue weighted by Crippen LogP contribution is -2.47. The fourth-order valence-corrected chi connectivity index (χ4v) is 5.72. The predicted molar refractivity (Wildman–Crippen MR) is 138 cm³/mol. The van der Waals surface area contributed by atoms with Crippen molar-refractivity contribution in [3.63, 3.8) is 0 Å². The highest BCUT2D eigenvalue weighted by Gasteiger charge is 2.48. The molecule has 0 unspecified atom stereocenters. The van der Waals surface area contributed by atoms with Crippen LogP contribution in [0, 0.1) is 16.0 Å². The molecule has 1 aliphatic carbocycles. The molecule has 0 radical (unpaired) electrons. The van der Waals surface area contributed by atoms with Crippen molar-refractivity contribution in [2.45, 2.75) is 109 Å². The van der Waals surface area contributed by atoms with Crippen LogP contribution in [-0.2, 0) is 24.6 Å². The molecule has 38 heavy (non-hydrogen) atoms. The molecule has 10 nitrogen and oxygen atoms in total. The Morgan fingerprint density at radius 1 is 1.18 bits per heavy atom. The molecule has 0 aromatic heterocycles. The second-order valence-electron chi connectivity index (χ2n) is 11.6. The van der Waals surface area contributed by atoms with Gasteiger partial charge in [-0.25, -0.2) is 0 Å². The summed E-state index contributed by atoms with van der Waals surface area (Å²) in [6, 6.07) is 3.84. The summed E-state index contributed by atoms with van der Waals surface area (Å²) in [5, 5.41) is 18.5. The van der Waals surface area contributed by atoms with Crippen LogP contribution in [0.3, 0.4) is 0 Å². The highest BCUT2D eigenvalue weighted by Crippen LogP contribution is 2.55. The normalized spacial score (nSPS) is 20.1. The van der Waals surface area contributed by atoms with Crippen molar-refractivity contribution in [2.75, 3.05) is 6.61 Å². The molecule has 0 saturated heterocycles. The van der Waals surface area contributed by atoms with Crippen molar-refractivity contribution in [1.82, 2.24) is 0 Å². The Balaban J connectivity index is 1.86. The van der Waals surface area contributed by atoms with Crippen molar-refractivity contribution in [3.05, 3.63) is 33.4 Å². The van der Waals surface area contributed by atoms with Crippen molar-refractivity contribution in [3.8, 4) is 11.5 Å². The Morgan fingerprint density at radius 3 is 2.58 bits per heavy atom. The molecule has 0 amide bonds. The molecule has 2 atom stereocenters. The third kappa shape index (κ3) is 7.45. The number of carboxylic acid groups (broad SMARTS) is 1. The van der Waals surface area contributed by atoms with E-state index in [-0.39, 0.29) is 42.5 Å². The number of fused-ring (bicyclic) bond motifs is 3. The molecule has 1 aliphatic heterocycles. The van der Waals surface area contributed by atoms with Crippen LogP contribution in [0.4, 0.5) is 0 Å². The minimum atomic E-state index is -1.08. The van der Waals surface area contributed by atoms with E-state index in [9.17, 15) is 24.5 Å². The van der Waals surface area contributed by atoms with E-state index in [1.807, 2.05) is 26.0 Å². The number of carboxylic acids is 1. The summed E-state index contributed by atoms with van der Waals surface area (Å²) < 4.78 is 12.3. The van der Waals surface area contributed by atoms with E-state index in [0.29, 0.717) is 37.2 Å². The van der Waals surface area contributed by atoms with Crippen molar-refractivity contribution in [1.29, 1.82) is 0 Å². The summed E-state index contributed by atoms with van der Waals surface area (Å²) in [7, 11) is 0.